The third kappa shape index (κ3) is 4.93. The predicted octanol–water partition coefficient (Wildman–Crippen LogP) is 3.97. The number of thiophene rings is 1. The zero-order valence-electron chi connectivity index (χ0n) is 16.6. The Morgan fingerprint density at radius 3 is 2.57 bits per heavy atom. The lowest BCUT2D eigenvalue weighted by atomic mass is 10.1. The number of aromatic nitrogens is 2. The highest BCUT2D eigenvalue weighted by atomic mass is 32.1. The largest absolute Gasteiger partial charge is 0.352 e. The van der Waals surface area contributed by atoms with Gasteiger partial charge in [-0.15, -0.1) is 11.3 Å². The molecule has 2 heterocycles. The van der Waals surface area contributed by atoms with Crippen molar-refractivity contribution in [2.45, 2.75) is 26.3 Å². The topological polar surface area (TPSA) is 86.9 Å². The summed E-state index contributed by atoms with van der Waals surface area (Å²) in [5.74, 6) is 0.408. The monoisotopic (exact) mass is 418 g/mol. The van der Waals surface area contributed by atoms with Crippen molar-refractivity contribution in [3.05, 3.63) is 82.2 Å². The Kier molecular flexibility index (Phi) is 5.90. The third-order valence-corrected chi connectivity index (χ3v) is 5.71. The number of nitrogens with one attached hydrogen (secondary N) is 3. The van der Waals surface area contributed by atoms with E-state index in [4.69, 9.17) is 0 Å². The Morgan fingerprint density at radius 2 is 1.77 bits per heavy atom. The number of hydrogen-bond acceptors (Lipinski definition) is 4. The standard InChI is InChI=1S/C23H22N4O2S/c1-15-6-5-9-17(10-15)11-21(29)25-22-19-12-18(30-23(19)27-26-22)13-20(28)24-14-16-7-3-2-4-8-16/h2-10,12H,11,13-14H2,1H3,(H,24,28)(H2,25,26,27,29). The molecular weight excluding hydrogens is 396 g/mol. The van der Waals surface area contributed by atoms with Gasteiger partial charge in [0.25, 0.3) is 0 Å². The molecule has 0 unspecified atom stereocenters. The Hall–Kier alpha value is -3.45. The molecular formula is C23H22N4O2S. The van der Waals surface area contributed by atoms with Crippen molar-refractivity contribution in [2.24, 2.45) is 0 Å². The van der Waals surface area contributed by atoms with Gasteiger partial charge in [-0.25, -0.2) is 0 Å². The molecule has 3 N–H and O–H groups in total. The zero-order valence-corrected chi connectivity index (χ0v) is 17.4. The molecule has 152 valence electrons. The molecule has 0 radical (unpaired) electrons. The maximum atomic E-state index is 12.4. The molecule has 0 aliphatic carbocycles. The van der Waals surface area contributed by atoms with E-state index in [2.05, 4.69) is 20.8 Å². The molecule has 0 saturated carbocycles. The first-order valence-corrected chi connectivity index (χ1v) is 10.5. The van der Waals surface area contributed by atoms with Gasteiger partial charge in [-0.05, 0) is 24.1 Å². The van der Waals surface area contributed by atoms with Crippen molar-refractivity contribution in [1.82, 2.24) is 15.5 Å². The predicted molar refractivity (Wildman–Crippen MR) is 119 cm³/mol. The van der Waals surface area contributed by atoms with Gasteiger partial charge in [-0.3, -0.25) is 14.7 Å². The molecule has 2 aromatic carbocycles. The summed E-state index contributed by atoms with van der Waals surface area (Å²) in [5.41, 5.74) is 3.15. The summed E-state index contributed by atoms with van der Waals surface area (Å²) >= 11 is 1.45. The summed E-state index contributed by atoms with van der Waals surface area (Å²) in [7, 11) is 0. The van der Waals surface area contributed by atoms with Crippen LogP contribution in [0.15, 0.2) is 60.7 Å². The Morgan fingerprint density at radius 1 is 0.967 bits per heavy atom. The lowest BCUT2D eigenvalue weighted by Gasteiger charge is -2.04. The summed E-state index contributed by atoms with van der Waals surface area (Å²) in [6, 6.07) is 19.6. The second kappa shape index (κ2) is 8.92. The van der Waals surface area contributed by atoms with E-state index in [-0.39, 0.29) is 18.2 Å². The van der Waals surface area contributed by atoms with Crippen LogP contribution in [0.3, 0.4) is 0 Å². The summed E-state index contributed by atoms with van der Waals surface area (Å²) in [6.45, 7) is 2.51. The highest BCUT2D eigenvalue weighted by Gasteiger charge is 2.14. The number of carbonyl (C=O) groups excluding carboxylic acids is 2. The molecule has 0 saturated heterocycles. The highest BCUT2D eigenvalue weighted by molar-refractivity contribution is 7.18. The second-order valence-electron chi connectivity index (χ2n) is 7.18. The molecule has 4 rings (SSSR count). The van der Waals surface area contributed by atoms with Gasteiger partial charge in [0.05, 0.1) is 18.2 Å². The van der Waals surface area contributed by atoms with Crippen molar-refractivity contribution in [3.8, 4) is 0 Å². The van der Waals surface area contributed by atoms with Crippen LogP contribution < -0.4 is 10.6 Å². The fourth-order valence-corrected chi connectivity index (χ4v) is 4.24. The van der Waals surface area contributed by atoms with E-state index in [1.807, 2.05) is 67.6 Å². The fraction of sp³-hybridized carbons (Fsp3) is 0.174. The zero-order chi connectivity index (χ0) is 20.9. The maximum Gasteiger partial charge on any atom is 0.229 e. The normalized spacial score (nSPS) is 10.8. The average Bonchev–Trinajstić information content (AvgIpc) is 3.28. The molecule has 2 amide bonds. The molecule has 0 aliphatic heterocycles. The van der Waals surface area contributed by atoms with Gasteiger partial charge in [-0.1, -0.05) is 60.2 Å². The number of carbonyl (C=O) groups is 2. The van der Waals surface area contributed by atoms with Crippen LogP contribution in [-0.4, -0.2) is 22.0 Å². The third-order valence-electron chi connectivity index (χ3n) is 4.68. The number of aryl methyl sites for hydroxylation is 1. The van der Waals surface area contributed by atoms with Crippen molar-refractivity contribution >= 4 is 39.2 Å². The average molecular weight is 419 g/mol. The molecule has 0 spiro atoms. The van der Waals surface area contributed by atoms with Gasteiger partial charge in [0, 0.05) is 11.4 Å². The Balaban J connectivity index is 1.37. The smallest absolute Gasteiger partial charge is 0.229 e. The number of H-pyrrole nitrogens is 1. The van der Waals surface area contributed by atoms with Crippen LogP contribution in [0, 0.1) is 6.92 Å². The first-order chi connectivity index (χ1) is 14.6. The molecule has 7 heteroatoms. The van der Waals surface area contributed by atoms with E-state index in [1.165, 1.54) is 11.3 Å². The van der Waals surface area contributed by atoms with Crippen LogP contribution in [0.2, 0.25) is 0 Å². The summed E-state index contributed by atoms with van der Waals surface area (Å²) in [5, 5.41) is 13.8. The molecule has 2 aromatic heterocycles. The Bertz CT molecular complexity index is 1180. The van der Waals surface area contributed by atoms with E-state index in [1.54, 1.807) is 0 Å². The van der Waals surface area contributed by atoms with Gasteiger partial charge < -0.3 is 10.6 Å². The first kappa shape index (κ1) is 19.8. The number of aromatic amines is 1. The van der Waals surface area contributed by atoms with Crippen LogP contribution in [0.5, 0.6) is 0 Å². The lowest BCUT2D eigenvalue weighted by molar-refractivity contribution is -0.120. The molecule has 0 bridgehead atoms. The van der Waals surface area contributed by atoms with Gasteiger partial charge in [-0.2, -0.15) is 5.10 Å². The number of amides is 2. The maximum absolute atomic E-state index is 12.4. The van der Waals surface area contributed by atoms with Gasteiger partial charge in [0.1, 0.15) is 10.6 Å². The van der Waals surface area contributed by atoms with Crippen LogP contribution >= 0.6 is 11.3 Å². The number of anilines is 1. The minimum absolute atomic E-state index is 0.0447. The quantitative estimate of drug-likeness (QED) is 0.424. The lowest BCUT2D eigenvalue weighted by Crippen LogP contribution is -2.24. The van der Waals surface area contributed by atoms with Gasteiger partial charge in [0.2, 0.25) is 11.8 Å². The van der Waals surface area contributed by atoms with Crippen molar-refractivity contribution in [3.63, 3.8) is 0 Å². The number of nitrogens with zero attached hydrogens (tertiary/aromatic N) is 1. The van der Waals surface area contributed by atoms with Gasteiger partial charge in [0.15, 0.2) is 0 Å². The van der Waals surface area contributed by atoms with E-state index < -0.39 is 0 Å². The first-order valence-electron chi connectivity index (χ1n) is 9.69. The molecule has 0 atom stereocenters. The summed E-state index contributed by atoms with van der Waals surface area (Å²) < 4.78 is 0. The Labute approximate surface area is 178 Å². The van der Waals surface area contributed by atoms with Crippen molar-refractivity contribution < 1.29 is 9.59 Å². The number of rotatable bonds is 7. The van der Waals surface area contributed by atoms with Crippen LogP contribution in [0.4, 0.5) is 5.82 Å². The van der Waals surface area contributed by atoms with Crippen molar-refractivity contribution in [1.29, 1.82) is 0 Å². The summed E-state index contributed by atoms with van der Waals surface area (Å²) in [4.78, 5) is 26.4. The SMILES string of the molecule is Cc1cccc(CC(=O)Nc2[nH]nc3sc(CC(=O)NCc4ccccc4)cc23)c1. The van der Waals surface area contributed by atoms with Crippen molar-refractivity contribution in [2.75, 3.05) is 5.32 Å². The molecule has 0 fully saturated rings. The molecule has 30 heavy (non-hydrogen) atoms. The fourth-order valence-electron chi connectivity index (χ4n) is 3.25. The molecule has 6 nitrogen and oxygen atoms in total. The van der Waals surface area contributed by atoms with E-state index >= 15 is 0 Å². The summed E-state index contributed by atoms with van der Waals surface area (Å²) in [6.07, 6.45) is 0.575. The van der Waals surface area contributed by atoms with E-state index in [0.29, 0.717) is 18.8 Å². The van der Waals surface area contributed by atoms with E-state index in [0.717, 1.165) is 31.8 Å². The second-order valence-corrected chi connectivity index (χ2v) is 8.30. The number of hydrogen-bond donors (Lipinski definition) is 3. The van der Waals surface area contributed by atoms with E-state index in [9.17, 15) is 9.59 Å². The molecule has 4 aromatic rings. The minimum atomic E-state index is -0.112. The number of benzene rings is 2. The highest BCUT2D eigenvalue weighted by Crippen LogP contribution is 2.29. The molecule has 0 aliphatic rings. The minimum Gasteiger partial charge on any atom is -0.352 e. The van der Waals surface area contributed by atoms with Gasteiger partial charge >= 0.3 is 0 Å². The van der Waals surface area contributed by atoms with Crippen LogP contribution in [-0.2, 0) is 29.0 Å². The van der Waals surface area contributed by atoms with Crippen LogP contribution in [0.25, 0.3) is 10.2 Å². The number of fused-ring (bicyclic) bond motifs is 1. The van der Waals surface area contributed by atoms with Crippen LogP contribution in [0.1, 0.15) is 21.6 Å².